The highest BCUT2D eigenvalue weighted by atomic mass is 16.6. The molecule has 0 spiro atoms. The predicted molar refractivity (Wildman–Crippen MR) is 92.0 cm³/mol. The molecule has 0 amide bonds. The summed E-state index contributed by atoms with van der Waals surface area (Å²) in [7, 11) is 0. The van der Waals surface area contributed by atoms with Gasteiger partial charge in [-0.1, -0.05) is 12.2 Å². The standard InChI is InChI=1S/C18H27NO7/c1-4-11(2)16(22)26-14-6-8-19-7-5-13(15(14)19)9-25-17(23)18(24,10-20)12(3)21/h4-5,12,14-15,20-21,24H,6-10H2,1-3H3/b11-4-/t12-,14+,15-,18+/m0/s1. The molecule has 0 aromatic carbocycles. The van der Waals surface area contributed by atoms with Gasteiger partial charge in [0.2, 0.25) is 5.60 Å². The Kier molecular flexibility index (Phi) is 6.57. The van der Waals surface area contributed by atoms with Gasteiger partial charge < -0.3 is 24.8 Å². The van der Waals surface area contributed by atoms with Gasteiger partial charge in [-0.15, -0.1) is 0 Å². The number of ether oxygens (including phenoxy) is 2. The summed E-state index contributed by atoms with van der Waals surface area (Å²) < 4.78 is 10.7. The maximum absolute atomic E-state index is 12.0. The summed E-state index contributed by atoms with van der Waals surface area (Å²) in [4.78, 5) is 26.2. The molecule has 2 heterocycles. The minimum absolute atomic E-state index is 0.105. The first kappa shape index (κ1) is 20.6. The molecule has 1 fully saturated rings. The monoisotopic (exact) mass is 369 g/mol. The molecule has 26 heavy (non-hydrogen) atoms. The molecular formula is C18H27NO7. The van der Waals surface area contributed by atoms with Crippen LogP contribution in [0.3, 0.4) is 0 Å². The van der Waals surface area contributed by atoms with Crippen LogP contribution in [-0.2, 0) is 19.1 Å². The quantitative estimate of drug-likeness (QED) is 0.313. The van der Waals surface area contributed by atoms with E-state index in [1.54, 1.807) is 19.9 Å². The summed E-state index contributed by atoms with van der Waals surface area (Å²) >= 11 is 0. The van der Waals surface area contributed by atoms with Crippen LogP contribution >= 0.6 is 0 Å². The first-order chi connectivity index (χ1) is 12.2. The third-order valence-electron chi connectivity index (χ3n) is 5.08. The molecule has 0 aromatic rings. The second kappa shape index (κ2) is 8.30. The van der Waals surface area contributed by atoms with Gasteiger partial charge in [-0.25, -0.2) is 9.59 Å². The summed E-state index contributed by atoms with van der Waals surface area (Å²) in [5.74, 6) is -1.46. The molecule has 8 nitrogen and oxygen atoms in total. The largest absolute Gasteiger partial charge is 0.459 e. The number of aliphatic hydroxyl groups excluding tert-OH is 2. The molecule has 0 saturated carbocycles. The highest BCUT2D eigenvalue weighted by molar-refractivity contribution is 5.87. The second-order valence-electron chi connectivity index (χ2n) is 6.76. The molecule has 0 radical (unpaired) electrons. The van der Waals surface area contributed by atoms with Crippen LogP contribution in [0.4, 0.5) is 0 Å². The zero-order valence-electron chi connectivity index (χ0n) is 15.3. The van der Waals surface area contributed by atoms with Gasteiger partial charge in [0.1, 0.15) is 12.7 Å². The molecule has 0 aromatic heterocycles. The third kappa shape index (κ3) is 3.98. The van der Waals surface area contributed by atoms with Crippen molar-refractivity contribution in [2.75, 3.05) is 26.3 Å². The van der Waals surface area contributed by atoms with Crippen LogP contribution in [0.5, 0.6) is 0 Å². The second-order valence-corrected chi connectivity index (χ2v) is 6.76. The van der Waals surface area contributed by atoms with Crippen molar-refractivity contribution in [1.29, 1.82) is 0 Å². The smallest absolute Gasteiger partial charge is 0.343 e. The van der Waals surface area contributed by atoms with Gasteiger partial charge in [0, 0.05) is 18.7 Å². The number of carbonyl (C=O) groups excluding carboxylic acids is 2. The van der Waals surface area contributed by atoms with E-state index in [9.17, 15) is 24.9 Å². The molecule has 4 atom stereocenters. The van der Waals surface area contributed by atoms with Gasteiger partial charge in [0.05, 0.1) is 18.8 Å². The minimum Gasteiger partial charge on any atom is -0.459 e. The SMILES string of the molecule is C/C=C(/C)C(=O)O[C@@H]1CCN2CC=C(COC(=O)[C@@](O)(CO)[C@H](C)O)[C@@H]12. The molecule has 0 unspecified atom stereocenters. The van der Waals surface area contributed by atoms with E-state index in [2.05, 4.69) is 4.90 Å². The molecule has 2 aliphatic rings. The van der Waals surface area contributed by atoms with Gasteiger partial charge in [-0.05, 0) is 32.8 Å². The van der Waals surface area contributed by atoms with Crippen molar-refractivity contribution in [3.8, 4) is 0 Å². The Hall–Kier alpha value is -1.74. The fourth-order valence-corrected chi connectivity index (χ4v) is 3.12. The lowest BCUT2D eigenvalue weighted by Crippen LogP contribution is -2.52. The summed E-state index contributed by atoms with van der Waals surface area (Å²) in [5, 5.41) is 28.7. The lowest BCUT2D eigenvalue weighted by Gasteiger charge is -2.28. The normalized spacial score (nSPS) is 26.7. The number of hydrogen-bond donors (Lipinski definition) is 3. The van der Waals surface area contributed by atoms with Crippen molar-refractivity contribution >= 4 is 11.9 Å². The fraction of sp³-hybridized carbons (Fsp3) is 0.667. The molecule has 3 N–H and O–H groups in total. The highest BCUT2D eigenvalue weighted by Gasteiger charge is 2.45. The zero-order valence-corrected chi connectivity index (χ0v) is 15.3. The molecule has 2 aliphatic heterocycles. The molecule has 0 bridgehead atoms. The highest BCUT2D eigenvalue weighted by Crippen LogP contribution is 2.32. The maximum Gasteiger partial charge on any atom is 0.343 e. The Morgan fingerprint density at radius 2 is 2.19 bits per heavy atom. The van der Waals surface area contributed by atoms with Crippen molar-refractivity contribution < 1.29 is 34.4 Å². The Labute approximate surface area is 152 Å². The van der Waals surface area contributed by atoms with E-state index in [-0.39, 0.29) is 24.7 Å². The summed E-state index contributed by atoms with van der Waals surface area (Å²) in [6, 6.07) is -0.176. The van der Waals surface area contributed by atoms with Gasteiger partial charge in [-0.3, -0.25) is 4.90 Å². The summed E-state index contributed by atoms with van der Waals surface area (Å²) in [6.07, 6.45) is 2.47. The number of carbonyl (C=O) groups is 2. The molecule has 146 valence electrons. The molecule has 0 aliphatic carbocycles. The Bertz CT molecular complexity index is 613. The van der Waals surface area contributed by atoms with E-state index in [0.29, 0.717) is 18.5 Å². The zero-order chi connectivity index (χ0) is 19.5. The fourth-order valence-electron chi connectivity index (χ4n) is 3.12. The van der Waals surface area contributed by atoms with Gasteiger partial charge in [0.15, 0.2) is 0 Å². The number of allylic oxidation sites excluding steroid dienone is 1. The van der Waals surface area contributed by atoms with Crippen molar-refractivity contribution in [3.63, 3.8) is 0 Å². The predicted octanol–water partition coefficient (Wildman–Crippen LogP) is -0.474. The first-order valence-electron chi connectivity index (χ1n) is 8.70. The Morgan fingerprint density at radius 3 is 2.77 bits per heavy atom. The van der Waals surface area contributed by atoms with Crippen LogP contribution in [0.2, 0.25) is 0 Å². The number of hydrogen-bond acceptors (Lipinski definition) is 8. The number of fused-ring (bicyclic) bond motifs is 1. The average Bonchev–Trinajstić information content (AvgIpc) is 3.20. The molecule has 2 rings (SSSR count). The molecule has 8 heteroatoms. The average molecular weight is 369 g/mol. The Balaban J connectivity index is 2.00. The van der Waals surface area contributed by atoms with E-state index in [0.717, 1.165) is 12.1 Å². The van der Waals surface area contributed by atoms with Crippen LogP contribution in [0.1, 0.15) is 27.2 Å². The van der Waals surface area contributed by atoms with Crippen LogP contribution in [-0.4, -0.2) is 82.3 Å². The maximum atomic E-state index is 12.0. The van der Waals surface area contributed by atoms with Crippen LogP contribution in [0.25, 0.3) is 0 Å². The van der Waals surface area contributed by atoms with E-state index < -0.39 is 24.3 Å². The van der Waals surface area contributed by atoms with Gasteiger partial charge >= 0.3 is 11.9 Å². The minimum atomic E-state index is -2.36. The van der Waals surface area contributed by atoms with Crippen molar-refractivity contribution in [1.82, 2.24) is 4.90 Å². The number of esters is 2. The first-order valence-corrected chi connectivity index (χ1v) is 8.70. The topological polar surface area (TPSA) is 117 Å². The molecule has 1 saturated heterocycles. The van der Waals surface area contributed by atoms with Crippen molar-refractivity contribution in [2.45, 2.75) is 51.0 Å². The molecular weight excluding hydrogens is 342 g/mol. The lowest BCUT2D eigenvalue weighted by atomic mass is 9.99. The van der Waals surface area contributed by atoms with E-state index in [4.69, 9.17) is 9.47 Å². The van der Waals surface area contributed by atoms with E-state index in [1.165, 1.54) is 6.92 Å². The lowest BCUT2D eigenvalue weighted by molar-refractivity contribution is -0.182. The van der Waals surface area contributed by atoms with Gasteiger partial charge in [0.25, 0.3) is 0 Å². The van der Waals surface area contributed by atoms with Crippen LogP contribution < -0.4 is 0 Å². The Morgan fingerprint density at radius 1 is 1.50 bits per heavy atom. The van der Waals surface area contributed by atoms with Crippen molar-refractivity contribution in [2.24, 2.45) is 0 Å². The van der Waals surface area contributed by atoms with Crippen molar-refractivity contribution in [3.05, 3.63) is 23.3 Å². The van der Waals surface area contributed by atoms with E-state index in [1.807, 2.05) is 6.08 Å². The number of nitrogens with zero attached hydrogens (tertiary/aromatic N) is 1. The van der Waals surface area contributed by atoms with Crippen LogP contribution in [0.15, 0.2) is 23.3 Å². The summed E-state index contributed by atoms with van der Waals surface area (Å²) in [5.41, 5.74) is -1.05. The van der Waals surface area contributed by atoms with E-state index >= 15 is 0 Å². The number of aliphatic hydroxyl groups is 3. The third-order valence-corrected chi connectivity index (χ3v) is 5.08. The number of rotatable bonds is 7. The van der Waals surface area contributed by atoms with Crippen LogP contribution in [0, 0.1) is 0 Å². The summed E-state index contributed by atoms with van der Waals surface area (Å²) in [6.45, 7) is 5.03. The van der Waals surface area contributed by atoms with Gasteiger partial charge in [-0.2, -0.15) is 0 Å².